The third kappa shape index (κ3) is 5.82. The van der Waals surface area contributed by atoms with Gasteiger partial charge in [-0.3, -0.25) is 19.3 Å². The SMILES string of the molecule is Cc1ccc(C)c(N(C(=O)CNC(=O)c2ccco2)[C@H](C(=O)NC2CCCC2)c2ccc(F)cc2)c1. The first kappa shape index (κ1) is 25.2. The number of amides is 3. The summed E-state index contributed by atoms with van der Waals surface area (Å²) >= 11 is 0. The average molecular weight is 492 g/mol. The van der Waals surface area contributed by atoms with Crippen LogP contribution in [0.25, 0.3) is 0 Å². The Morgan fingerprint density at radius 1 is 1.06 bits per heavy atom. The van der Waals surface area contributed by atoms with Crippen LogP contribution in [0.15, 0.2) is 65.3 Å². The van der Waals surface area contributed by atoms with Crippen molar-refractivity contribution in [2.24, 2.45) is 0 Å². The molecule has 0 aliphatic heterocycles. The van der Waals surface area contributed by atoms with E-state index < -0.39 is 23.7 Å². The zero-order valence-corrected chi connectivity index (χ0v) is 20.4. The molecule has 7 nitrogen and oxygen atoms in total. The Morgan fingerprint density at radius 2 is 1.78 bits per heavy atom. The van der Waals surface area contributed by atoms with Crippen molar-refractivity contribution in [1.82, 2.24) is 10.6 Å². The van der Waals surface area contributed by atoms with E-state index in [1.165, 1.54) is 41.5 Å². The standard InChI is InChI=1S/C28H30FN3O4/c1-18-9-10-19(2)23(16-18)32(25(33)17-30-27(34)24-8-5-15-36-24)26(20-11-13-21(29)14-12-20)28(35)31-22-6-3-4-7-22/h5,8-16,22,26H,3-4,6-7,17H2,1-2H3,(H,30,34)(H,31,35)/t26-/m0/s1. The van der Waals surface area contributed by atoms with Crippen LogP contribution < -0.4 is 15.5 Å². The van der Waals surface area contributed by atoms with Crippen molar-refractivity contribution in [3.63, 3.8) is 0 Å². The Kier molecular flexibility index (Phi) is 7.83. The highest BCUT2D eigenvalue weighted by molar-refractivity contribution is 6.04. The summed E-state index contributed by atoms with van der Waals surface area (Å²) in [5.41, 5.74) is 2.70. The highest BCUT2D eigenvalue weighted by Gasteiger charge is 2.35. The van der Waals surface area contributed by atoms with Gasteiger partial charge in [-0.05, 0) is 73.7 Å². The molecule has 1 aromatic heterocycles. The molecule has 1 fully saturated rings. The third-order valence-corrected chi connectivity index (χ3v) is 6.43. The number of rotatable bonds is 8. The van der Waals surface area contributed by atoms with Crippen molar-refractivity contribution in [2.75, 3.05) is 11.4 Å². The van der Waals surface area contributed by atoms with E-state index in [4.69, 9.17) is 4.42 Å². The first-order chi connectivity index (χ1) is 17.3. The van der Waals surface area contributed by atoms with Gasteiger partial charge in [-0.15, -0.1) is 0 Å². The monoisotopic (exact) mass is 491 g/mol. The quantitative estimate of drug-likeness (QED) is 0.482. The molecule has 0 radical (unpaired) electrons. The summed E-state index contributed by atoms with van der Waals surface area (Å²) in [5.74, 6) is -1.73. The average Bonchev–Trinajstić information content (AvgIpc) is 3.58. The molecule has 36 heavy (non-hydrogen) atoms. The van der Waals surface area contributed by atoms with Gasteiger partial charge >= 0.3 is 0 Å². The fraction of sp³-hybridized carbons (Fsp3) is 0.321. The number of carbonyl (C=O) groups excluding carboxylic acids is 3. The molecule has 1 aliphatic rings. The molecule has 1 saturated carbocycles. The lowest BCUT2D eigenvalue weighted by atomic mass is 10.00. The Balaban J connectivity index is 1.72. The van der Waals surface area contributed by atoms with Gasteiger partial charge in [0.15, 0.2) is 5.76 Å². The summed E-state index contributed by atoms with van der Waals surface area (Å²) in [5, 5.41) is 5.67. The predicted molar refractivity (Wildman–Crippen MR) is 134 cm³/mol. The number of furan rings is 1. The van der Waals surface area contributed by atoms with Crippen LogP contribution in [0.3, 0.4) is 0 Å². The van der Waals surface area contributed by atoms with Crippen LogP contribution in [-0.4, -0.2) is 30.3 Å². The van der Waals surface area contributed by atoms with Crippen LogP contribution in [0.1, 0.15) is 59.0 Å². The van der Waals surface area contributed by atoms with E-state index in [1.807, 2.05) is 32.0 Å². The molecule has 3 amide bonds. The molecule has 8 heteroatoms. The molecule has 0 bridgehead atoms. The lowest BCUT2D eigenvalue weighted by molar-refractivity contribution is -0.126. The minimum atomic E-state index is -1.06. The first-order valence-corrected chi connectivity index (χ1v) is 12.1. The van der Waals surface area contributed by atoms with Crippen molar-refractivity contribution in [3.8, 4) is 0 Å². The van der Waals surface area contributed by atoms with Gasteiger partial charge < -0.3 is 15.1 Å². The summed E-state index contributed by atoms with van der Waals surface area (Å²) in [6.45, 7) is 3.39. The van der Waals surface area contributed by atoms with Crippen molar-refractivity contribution < 1.29 is 23.2 Å². The number of benzene rings is 2. The zero-order chi connectivity index (χ0) is 25.7. The Morgan fingerprint density at radius 3 is 2.44 bits per heavy atom. The Hall–Kier alpha value is -3.94. The zero-order valence-electron chi connectivity index (χ0n) is 20.4. The summed E-state index contributed by atoms with van der Waals surface area (Å²) in [6.07, 6.45) is 5.18. The number of hydrogen-bond donors (Lipinski definition) is 2. The van der Waals surface area contributed by atoms with Crippen LogP contribution in [0.2, 0.25) is 0 Å². The molecule has 188 valence electrons. The minimum Gasteiger partial charge on any atom is -0.459 e. The lowest BCUT2D eigenvalue weighted by Crippen LogP contribution is -2.49. The molecule has 1 aliphatic carbocycles. The van der Waals surface area contributed by atoms with E-state index in [-0.39, 0.29) is 24.3 Å². The van der Waals surface area contributed by atoms with Crippen molar-refractivity contribution in [1.29, 1.82) is 0 Å². The van der Waals surface area contributed by atoms with Gasteiger partial charge in [0, 0.05) is 11.7 Å². The second-order valence-electron chi connectivity index (χ2n) is 9.16. The molecule has 0 saturated heterocycles. The summed E-state index contributed by atoms with van der Waals surface area (Å²) in [7, 11) is 0. The van der Waals surface area contributed by atoms with Crippen LogP contribution in [0.4, 0.5) is 10.1 Å². The van der Waals surface area contributed by atoms with Crippen LogP contribution in [0.5, 0.6) is 0 Å². The van der Waals surface area contributed by atoms with E-state index in [0.717, 1.165) is 36.8 Å². The second-order valence-corrected chi connectivity index (χ2v) is 9.16. The van der Waals surface area contributed by atoms with Crippen LogP contribution >= 0.6 is 0 Å². The van der Waals surface area contributed by atoms with E-state index in [9.17, 15) is 18.8 Å². The fourth-order valence-electron chi connectivity index (χ4n) is 4.55. The number of nitrogens with zero attached hydrogens (tertiary/aromatic N) is 1. The van der Waals surface area contributed by atoms with Crippen molar-refractivity contribution in [2.45, 2.75) is 51.6 Å². The Labute approximate surface area is 209 Å². The van der Waals surface area contributed by atoms with Gasteiger partial charge in [0.05, 0.1) is 12.8 Å². The number of carbonyl (C=O) groups is 3. The maximum atomic E-state index is 13.8. The number of aryl methyl sites for hydroxylation is 2. The van der Waals surface area contributed by atoms with E-state index in [0.29, 0.717) is 11.3 Å². The summed E-state index contributed by atoms with van der Waals surface area (Å²) in [4.78, 5) is 41.3. The summed E-state index contributed by atoms with van der Waals surface area (Å²) < 4.78 is 18.9. The number of hydrogen-bond acceptors (Lipinski definition) is 4. The molecule has 4 rings (SSSR count). The minimum absolute atomic E-state index is 0.0228. The first-order valence-electron chi connectivity index (χ1n) is 12.1. The van der Waals surface area contributed by atoms with E-state index in [2.05, 4.69) is 10.6 Å². The van der Waals surface area contributed by atoms with Gasteiger partial charge in [0.1, 0.15) is 11.9 Å². The molecule has 3 aromatic rings. The van der Waals surface area contributed by atoms with Crippen LogP contribution in [0, 0.1) is 19.7 Å². The highest BCUT2D eigenvalue weighted by atomic mass is 19.1. The third-order valence-electron chi connectivity index (χ3n) is 6.43. The molecular weight excluding hydrogens is 461 g/mol. The van der Waals surface area contributed by atoms with Gasteiger partial charge in [0.25, 0.3) is 5.91 Å². The number of nitrogens with one attached hydrogen (secondary N) is 2. The van der Waals surface area contributed by atoms with Gasteiger partial charge in [-0.25, -0.2) is 4.39 Å². The smallest absolute Gasteiger partial charge is 0.287 e. The molecule has 0 unspecified atom stereocenters. The van der Waals surface area contributed by atoms with Gasteiger partial charge in [-0.2, -0.15) is 0 Å². The van der Waals surface area contributed by atoms with Gasteiger partial charge in [0.2, 0.25) is 11.8 Å². The van der Waals surface area contributed by atoms with E-state index >= 15 is 0 Å². The normalized spacial score (nSPS) is 14.3. The second kappa shape index (κ2) is 11.2. The van der Waals surface area contributed by atoms with Crippen molar-refractivity contribution in [3.05, 3.63) is 89.1 Å². The Bertz CT molecular complexity index is 1220. The molecule has 2 aromatic carbocycles. The molecule has 1 heterocycles. The molecule has 1 atom stereocenters. The highest BCUT2D eigenvalue weighted by Crippen LogP contribution is 2.32. The van der Waals surface area contributed by atoms with E-state index in [1.54, 1.807) is 6.07 Å². The van der Waals surface area contributed by atoms with Crippen molar-refractivity contribution >= 4 is 23.4 Å². The molecule has 2 N–H and O–H groups in total. The molecule has 0 spiro atoms. The fourth-order valence-corrected chi connectivity index (χ4v) is 4.55. The molecular formula is C28H30FN3O4. The predicted octanol–water partition coefficient (Wildman–Crippen LogP) is 4.60. The van der Waals surface area contributed by atoms with Crippen LogP contribution in [-0.2, 0) is 9.59 Å². The maximum Gasteiger partial charge on any atom is 0.287 e. The topological polar surface area (TPSA) is 91.7 Å². The number of anilines is 1. The number of halogens is 1. The maximum absolute atomic E-state index is 13.8. The lowest BCUT2D eigenvalue weighted by Gasteiger charge is -2.33. The van der Waals surface area contributed by atoms with Gasteiger partial charge in [-0.1, -0.05) is 37.1 Å². The summed E-state index contributed by atoms with van der Waals surface area (Å²) in [6, 6.07) is 13.3. The largest absolute Gasteiger partial charge is 0.459 e.